The molecule has 1 unspecified atom stereocenters. The van der Waals surface area contributed by atoms with Crippen molar-refractivity contribution in [2.75, 3.05) is 0 Å². The molecule has 0 aliphatic heterocycles. The van der Waals surface area contributed by atoms with E-state index in [2.05, 4.69) is 126 Å². The zero-order valence-corrected chi connectivity index (χ0v) is 27.8. The number of halogens is 2. The van der Waals surface area contributed by atoms with Gasteiger partial charge in [0.05, 0.1) is 0 Å². The Labute approximate surface area is 242 Å². The van der Waals surface area contributed by atoms with Crippen molar-refractivity contribution in [1.82, 2.24) is 0 Å². The summed E-state index contributed by atoms with van der Waals surface area (Å²) in [6.07, 6.45) is 5.36. The van der Waals surface area contributed by atoms with Crippen molar-refractivity contribution in [2.45, 2.75) is 54.4 Å². The van der Waals surface area contributed by atoms with E-state index in [-0.39, 0.29) is 24.8 Å². The molecule has 186 valence electrons. The number of fused-ring (bicyclic) bond motifs is 1. The van der Waals surface area contributed by atoms with Gasteiger partial charge in [0.15, 0.2) is 0 Å². The van der Waals surface area contributed by atoms with Gasteiger partial charge in [0, 0.05) is 0 Å². The van der Waals surface area contributed by atoms with Crippen molar-refractivity contribution in [2.24, 2.45) is 5.92 Å². The molecule has 34 heavy (non-hydrogen) atoms. The fraction of sp³-hybridized carbons (Fsp3) is 0.300. The first-order valence-corrected chi connectivity index (χ1v) is 18.7. The first kappa shape index (κ1) is 38.1. The molecule has 0 amide bonds. The molecule has 1 atom stereocenters. The van der Waals surface area contributed by atoms with Crippen LogP contribution in [0.5, 0.6) is 0 Å². The Balaban J connectivity index is -0.000000439. The Morgan fingerprint density at radius 2 is 1.35 bits per heavy atom. The van der Waals surface area contributed by atoms with Crippen molar-refractivity contribution in [1.29, 1.82) is 0 Å². The van der Waals surface area contributed by atoms with Crippen molar-refractivity contribution >= 4 is 47.7 Å². The van der Waals surface area contributed by atoms with E-state index in [4.69, 9.17) is 0 Å². The topological polar surface area (TPSA) is 0 Å². The predicted octanol–water partition coefficient (Wildman–Crippen LogP) is 9.87. The van der Waals surface area contributed by atoms with Gasteiger partial charge in [-0.2, -0.15) is 24.0 Å². The Kier molecular flexibility index (Phi) is 25.7. The molecular formula is C30H40Cl2GeZr-4. The van der Waals surface area contributed by atoms with E-state index in [0.717, 1.165) is 12.8 Å². The first-order chi connectivity index (χ1) is 15.4. The van der Waals surface area contributed by atoms with Crippen LogP contribution < -0.4 is 0 Å². The van der Waals surface area contributed by atoms with Crippen molar-refractivity contribution in [3.8, 4) is 11.1 Å². The molecule has 0 saturated carbocycles. The van der Waals surface area contributed by atoms with Crippen LogP contribution in [0.1, 0.15) is 54.4 Å². The molecule has 4 rings (SSSR count). The van der Waals surface area contributed by atoms with Gasteiger partial charge < -0.3 is 13.8 Å². The third-order valence-corrected chi connectivity index (χ3v) is 5.00. The molecule has 4 heteroatoms. The third-order valence-electron chi connectivity index (χ3n) is 5.00. The van der Waals surface area contributed by atoms with Crippen LogP contribution in [0, 0.1) is 25.8 Å². The molecule has 0 aromatic heterocycles. The SMILES string of the molecule is CC1=[C-]C(C)C(C)=C1C.Cl.Cl.[CH2-]CC.[CH2-]CC.[Ge]=[Zr].c1ccc(-c2c[cH-]c3ccccc23)cc1. The maximum atomic E-state index is 3.49. The summed E-state index contributed by atoms with van der Waals surface area (Å²) in [5.41, 5.74) is 6.86. The minimum absolute atomic E-state index is 0. The molecule has 0 fully saturated rings. The van der Waals surface area contributed by atoms with E-state index in [9.17, 15) is 0 Å². The van der Waals surface area contributed by atoms with Gasteiger partial charge in [0.1, 0.15) is 0 Å². The van der Waals surface area contributed by atoms with Crippen LogP contribution in [0.25, 0.3) is 21.9 Å². The van der Waals surface area contributed by atoms with E-state index in [1.165, 1.54) is 38.6 Å². The van der Waals surface area contributed by atoms with E-state index >= 15 is 0 Å². The van der Waals surface area contributed by atoms with Gasteiger partial charge in [-0.25, -0.2) is 5.57 Å². The third kappa shape index (κ3) is 13.0. The van der Waals surface area contributed by atoms with Crippen LogP contribution >= 0.6 is 24.8 Å². The standard InChI is InChI=1S/C15H11.C9H13.2C3H7.2ClH.Ge.Zr/c1-2-6-12(7-3-1)15-11-10-13-8-4-5-9-14(13)15;1-6-5-7(2)9(4)8(6)3;2*1-3-2;;;;/h1-11H;6H,1-4H3;2*1,3H2,2H3;2*1H;;/q4*-1;;;;. The molecule has 0 N–H and O–H groups in total. The van der Waals surface area contributed by atoms with Gasteiger partial charge in [-0.3, -0.25) is 6.08 Å². The zero-order valence-electron chi connectivity index (χ0n) is 21.6. The molecular weight excluding hydrogens is 595 g/mol. The minimum Gasteiger partial charge on any atom is -0.150 e. The monoisotopic (exact) mass is 634 g/mol. The fourth-order valence-electron chi connectivity index (χ4n) is 3.18. The summed E-state index contributed by atoms with van der Waals surface area (Å²) in [5, 5.41) is 2.65. The second kappa shape index (κ2) is 23.0. The molecule has 0 bridgehead atoms. The van der Waals surface area contributed by atoms with Crippen LogP contribution in [0.4, 0.5) is 0 Å². The van der Waals surface area contributed by atoms with Crippen molar-refractivity contribution in [3.05, 3.63) is 103 Å². The van der Waals surface area contributed by atoms with Crippen LogP contribution in [-0.2, 0) is 21.6 Å². The van der Waals surface area contributed by atoms with E-state index < -0.39 is 0 Å². The maximum Gasteiger partial charge on any atom is -0.0623 e. The number of hydrogen-bond donors (Lipinski definition) is 0. The van der Waals surface area contributed by atoms with Crippen LogP contribution in [-0.4, -0.2) is 12.1 Å². The largest absolute Gasteiger partial charge is 0.150 e. The predicted molar refractivity (Wildman–Crippen MR) is 156 cm³/mol. The van der Waals surface area contributed by atoms with E-state index in [1.807, 2.05) is 13.8 Å². The number of hydrogen-bond acceptors (Lipinski definition) is 0. The Hall–Kier alpha value is -0.464. The average molecular weight is 635 g/mol. The molecule has 3 aromatic rings. The number of rotatable bonds is 1. The Morgan fingerprint density at radius 3 is 1.76 bits per heavy atom. The first-order valence-electron chi connectivity index (χ1n) is 11.2. The van der Waals surface area contributed by atoms with Crippen molar-refractivity contribution in [3.63, 3.8) is 0 Å². The summed E-state index contributed by atoms with van der Waals surface area (Å²) in [6, 6.07) is 23.4. The van der Waals surface area contributed by atoms with E-state index in [0.29, 0.717) is 5.92 Å². The second-order valence-corrected chi connectivity index (χ2v) is 7.50. The smallest absolute Gasteiger partial charge is 0.0623 e. The Morgan fingerprint density at radius 1 is 0.882 bits per heavy atom. The average Bonchev–Trinajstić information content (AvgIpc) is 3.34. The molecule has 0 nitrogen and oxygen atoms in total. The number of benzene rings is 2. The molecule has 0 saturated heterocycles. The summed E-state index contributed by atoms with van der Waals surface area (Å²) in [6.45, 7) is 19.7. The van der Waals surface area contributed by atoms with Crippen molar-refractivity contribution < 1.29 is 21.6 Å². The molecule has 2 radical (unpaired) electrons. The number of allylic oxidation sites excluding steroid dienone is 4. The molecule has 1 aliphatic carbocycles. The van der Waals surface area contributed by atoms with Gasteiger partial charge in [0.2, 0.25) is 0 Å². The quantitative estimate of drug-likeness (QED) is 0.185. The Bertz CT molecular complexity index is 956. The van der Waals surface area contributed by atoms with Gasteiger partial charge >= 0.3 is 33.7 Å². The molecule has 1 aliphatic rings. The van der Waals surface area contributed by atoms with Gasteiger partial charge in [-0.1, -0.05) is 82.5 Å². The normalized spacial score (nSPS) is 13.0. The van der Waals surface area contributed by atoms with Crippen LogP contribution in [0.3, 0.4) is 0 Å². The summed E-state index contributed by atoms with van der Waals surface area (Å²) in [5.74, 6) is 0.560. The zero-order chi connectivity index (χ0) is 24.5. The molecule has 3 aromatic carbocycles. The van der Waals surface area contributed by atoms with Gasteiger partial charge in [-0.05, 0) is 0 Å². The van der Waals surface area contributed by atoms with E-state index in [1.54, 1.807) is 21.6 Å². The molecule has 0 heterocycles. The maximum absolute atomic E-state index is 3.49. The summed E-state index contributed by atoms with van der Waals surface area (Å²) < 4.78 is 0. The molecule has 0 spiro atoms. The summed E-state index contributed by atoms with van der Waals surface area (Å²) in [4.78, 5) is 0. The minimum atomic E-state index is 0. The van der Waals surface area contributed by atoms with Gasteiger partial charge in [-0.15, -0.1) is 78.4 Å². The van der Waals surface area contributed by atoms with Gasteiger partial charge in [0.25, 0.3) is 0 Å². The van der Waals surface area contributed by atoms with Crippen LogP contribution in [0.15, 0.2) is 83.4 Å². The summed E-state index contributed by atoms with van der Waals surface area (Å²) >= 11 is 3.64. The van der Waals surface area contributed by atoms with Crippen LogP contribution in [0.2, 0.25) is 0 Å². The second-order valence-electron chi connectivity index (χ2n) is 7.50. The fourth-order valence-corrected chi connectivity index (χ4v) is 3.18. The summed E-state index contributed by atoms with van der Waals surface area (Å²) in [7, 11) is 0.